The summed E-state index contributed by atoms with van der Waals surface area (Å²) < 4.78 is 5.93. The number of rotatable bonds is 8. The van der Waals surface area contributed by atoms with Crippen LogP contribution in [0.25, 0.3) is 0 Å². The molecule has 1 aromatic rings. The molecule has 0 fully saturated rings. The van der Waals surface area contributed by atoms with Gasteiger partial charge in [0.05, 0.1) is 0 Å². The Bertz CT molecular complexity index is 350. The highest BCUT2D eigenvalue weighted by atomic mass is 16.5. The van der Waals surface area contributed by atoms with Crippen LogP contribution in [0.5, 0.6) is 5.75 Å². The normalized spacial score (nSPS) is 10.9. The molecule has 0 saturated carbocycles. The van der Waals surface area contributed by atoms with Crippen LogP contribution in [0.4, 0.5) is 0 Å². The van der Waals surface area contributed by atoms with Crippen molar-refractivity contribution in [2.24, 2.45) is 0 Å². The quantitative estimate of drug-likeness (QED) is 0.717. The Hall–Kier alpha value is -1.06. The lowest BCUT2D eigenvalue weighted by atomic mass is 10.1. The smallest absolute Gasteiger partial charge is 0.126 e. The minimum absolute atomic E-state index is 0.735. The maximum absolute atomic E-state index is 5.93. The second-order valence-electron chi connectivity index (χ2n) is 4.89. The molecule has 0 unspecified atom stereocenters. The number of hydrogen-bond acceptors (Lipinski definition) is 3. The molecule has 3 heteroatoms. The zero-order valence-electron chi connectivity index (χ0n) is 12.1. The predicted octanol–water partition coefficient (Wildman–Crippen LogP) is 2.44. The fourth-order valence-electron chi connectivity index (χ4n) is 1.79. The molecule has 0 aliphatic heterocycles. The van der Waals surface area contributed by atoms with Crippen molar-refractivity contribution in [1.29, 1.82) is 0 Å². The second kappa shape index (κ2) is 8.11. The molecule has 3 nitrogen and oxygen atoms in total. The minimum atomic E-state index is 0.735. The van der Waals surface area contributed by atoms with E-state index in [1.165, 1.54) is 11.1 Å². The van der Waals surface area contributed by atoms with E-state index in [1.54, 1.807) is 0 Å². The van der Waals surface area contributed by atoms with E-state index >= 15 is 0 Å². The number of nitrogens with one attached hydrogen (secondary N) is 1. The Morgan fingerprint density at radius 1 is 1.28 bits per heavy atom. The van der Waals surface area contributed by atoms with Crippen molar-refractivity contribution in [1.82, 2.24) is 10.2 Å². The Labute approximate surface area is 111 Å². The van der Waals surface area contributed by atoms with Gasteiger partial charge in [0, 0.05) is 18.7 Å². The molecule has 1 rings (SSSR count). The van der Waals surface area contributed by atoms with Gasteiger partial charge in [-0.3, -0.25) is 0 Å². The van der Waals surface area contributed by atoms with Gasteiger partial charge in [-0.2, -0.15) is 0 Å². The molecule has 0 heterocycles. The summed E-state index contributed by atoms with van der Waals surface area (Å²) in [7, 11) is 4.12. The van der Waals surface area contributed by atoms with Crippen LogP contribution in [0.2, 0.25) is 0 Å². The van der Waals surface area contributed by atoms with Crippen LogP contribution >= 0.6 is 0 Å². The van der Waals surface area contributed by atoms with Crippen LogP contribution < -0.4 is 10.1 Å². The fraction of sp³-hybridized carbons (Fsp3) is 0.600. The van der Waals surface area contributed by atoms with E-state index < -0.39 is 0 Å². The average molecular weight is 250 g/mol. The summed E-state index contributed by atoms with van der Waals surface area (Å²) in [6.45, 7) is 7.89. The van der Waals surface area contributed by atoms with Crippen LogP contribution in [0.3, 0.4) is 0 Å². The van der Waals surface area contributed by atoms with Gasteiger partial charge in [-0.15, -0.1) is 0 Å². The zero-order chi connectivity index (χ0) is 13.4. The predicted molar refractivity (Wildman–Crippen MR) is 77.2 cm³/mol. The first kappa shape index (κ1) is 15.0. The van der Waals surface area contributed by atoms with Gasteiger partial charge in [0.15, 0.2) is 0 Å². The second-order valence-corrected chi connectivity index (χ2v) is 4.89. The highest BCUT2D eigenvalue weighted by Gasteiger charge is 2.06. The first-order chi connectivity index (χ1) is 8.65. The number of nitrogens with zero attached hydrogens (tertiary/aromatic N) is 1. The summed E-state index contributed by atoms with van der Waals surface area (Å²) in [5, 5.41) is 3.43. The van der Waals surface area contributed by atoms with Gasteiger partial charge in [-0.25, -0.2) is 0 Å². The van der Waals surface area contributed by atoms with Crippen LogP contribution in [0.1, 0.15) is 24.5 Å². The van der Waals surface area contributed by atoms with Gasteiger partial charge in [-0.1, -0.05) is 25.1 Å². The van der Waals surface area contributed by atoms with Crippen LogP contribution in [0, 0.1) is 6.92 Å². The molecule has 0 bridgehead atoms. The third kappa shape index (κ3) is 5.07. The Kier molecular flexibility index (Phi) is 6.76. The summed E-state index contributed by atoms with van der Waals surface area (Å²) in [6.07, 6.45) is 1.16. The molecular formula is C15H26N2O. The first-order valence-corrected chi connectivity index (χ1v) is 6.72. The molecule has 1 N–H and O–H groups in total. The van der Waals surface area contributed by atoms with Crippen molar-refractivity contribution in [3.63, 3.8) is 0 Å². The maximum Gasteiger partial charge on any atom is 0.126 e. The van der Waals surface area contributed by atoms with Crippen molar-refractivity contribution in [2.45, 2.75) is 26.8 Å². The van der Waals surface area contributed by atoms with Crippen molar-refractivity contribution in [2.75, 3.05) is 33.8 Å². The summed E-state index contributed by atoms with van der Waals surface area (Å²) in [5.41, 5.74) is 2.46. The van der Waals surface area contributed by atoms with Gasteiger partial charge in [0.25, 0.3) is 0 Å². The van der Waals surface area contributed by atoms with E-state index in [4.69, 9.17) is 4.74 Å². The van der Waals surface area contributed by atoms with Crippen LogP contribution in [0.15, 0.2) is 18.2 Å². The van der Waals surface area contributed by atoms with E-state index in [0.29, 0.717) is 0 Å². The molecule has 18 heavy (non-hydrogen) atoms. The van der Waals surface area contributed by atoms with E-state index in [-0.39, 0.29) is 0 Å². The van der Waals surface area contributed by atoms with E-state index in [2.05, 4.69) is 56.4 Å². The summed E-state index contributed by atoms with van der Waals surface area (Å²) in [4.78, 5) is 2.13. The summed E-state index contributed by atoms with van der Waals surface area (Å²) >= 11 is 0. The van der Waals surface area contributed by atoms with Crippen molar-refractivity contribution in [3.8, 4) is 5.75 Å². The molecule has 0 amide bonds. The van der Waals surface area contributed by atoms with Crippen LogP contribution in [-0.2, 0) is 6.54 Å². The maximum atomic E-state index is 5.93. The number of likely N-dealkylation sites (N-methyl/N-ethyl adjacent to an activating group) is 1. The van der Waals surface area contributed by atoms with E-state index in [0.717, 1.165) is 38.4 Å². The highest BCUT2D eigenvalue weighted by molar-refractivity contribution is 5.40. The number of ether oxygens (including phenoxy) is 1. The first-order valence-electron chi connectivity index (χ1n) is 6.72. The van der Waals surface area contributed by atoms with Gasteiger partial charge < -0.3 is 15.0 Å². The molecule has 0 radical (unpaired) electrons. The number of aryl methyl sites for hydroxylation is 1. The molecule has 0 aliphatic rings. The van der Waals surface area contributed by atoms with E-state index in [1.807, 2.05) is 0 Å². The SMILES string of the molecule is CCCNCc1cccc(C)c1OCCN(C)C. The monoisotopic (exact) mass is 250 g/mol. The molecule has 0 aliphatic carbocycles. The van der Waals surface area contributed by atoms with Crippen LogP contribution in [-0.4, -0.2) is 38.7 Å². The molecule has 0 saturated heterocycles. The average Bonchev–Trinajstić information content (AvgIpc) is 2.32. The van der Waals surface area contributed by atoms with Crippen molar-refractivity contribution < 1.29 is 4.74 Å². The number of hydrogen-bond donors (Lipinski definition) is 1. The van der Waals surface area contributed by atoms with Crippen molar-refractivity contribution in [3.05, 3.63) is 29.3 Å². The topological polar surface area (TPSA) is 24.5 Å². The minimum Gasteiger partial charge on any atom is -0.492 e. The largest absolute Gasteiger partial charge is 0.492 e. The lowest BCUT2D eigenvalue weighted by molar-refractivity contribution is 0.258. The summed E-state index contributed by atoms with van der Waals surface area (Å²) in [6, 6.07) is 6.34. The summed E-state index contributed by atoms with van der Waals surface area (Å²) in [5.74, 6) is 1.04. The lowest BCUT2D eigenvalue weighted by Crippen LogP contribution is -2.21. The highest BCUT2D eigenvalue weighted by Crippen LogP contribution is 2.23. The number of benzene rings is 1. The third-order valence-electron chi connectivity index (χ3n) is 2.82. The molecule has 0 spiro atoms. The molecule has 0 aromatic heterocycles. The molecule has 0 atom stereocenters. The van der Waals surface area contributed by atoms with Gasteiger partial charge >= 0.3 is 0 Å². The Morgan fingerprint density at radius 2 is 2.06 bits per heavy atom. The zero-order valence-corrected chi connectivity index (χ0v) is 12.1. The number of para-hydroxylation sites is 1. The Morgan fingerprint density at radius 3 is 2.72 bits per heavy atom. The standard InChI is InChI=1S/C15H26N2O/c1-5-9-16-12-14-8-6-7-13(2)15(14)18-11-10-17(3)4/h6-8,16H,5,9-12H2,1-4H3. The molecule has 1 aromatic carbocycles. The van der Waals surface area contributed by atoms with Gasteiger partial charge in [0.2, 0.25) is 0 Å². The van der Waals surface area contributed by atoms with Gasteiger partial charge in [-0.05, 0) is 39.5 Å². The van der Waals surface area contributed by atoms with E-state index in [9.17, 15) is 0 Å². The van der Waals surface area contributed by atoms with Crippen molar-refractivity contribution >= 4 is 0 Å². The fourth-order valence-corrected chi connectivity index (χ4v) is 1.79. The molecular weight excluding hydrogens is 224 g/mol. The molecule has 102 valence electrons. The Balaban J connectivity index is 2.61. The third-order valence-corrected chi connectivity index (χ3v) is 2.82. The lowest BCUT2D eigenvalue weighted by Gasteiger charge is -2.16. The van der Waals surface area contributed by atoms with Gasteiger partial charge in [0.1, 0.15) is 12.4 Å².